The molecule has 1 rings (SSSR count). The molecular weight excluding hydrogens is 172 g/mol. The summed E-state index contributed by atoms with van der Waals surface area (Å²) in [5, 5.41) is 4.67. The highest BCUT2D eigenvalue weighted by atomic mass is 15.3. The van der Waals surface area contributed by atoms with Crippen molar-refractivity contribution in [3.8, 4) is 0 Å². The number of unbranched alkanes of at least 4 members (excludes halogenated alkanes) is 2. The van der Waals surface area contributed by atoms with Crippen molar-refractivity contribution in [3.05, 3.63) is 0 Å². The SMILES string of the molecule is CCCCN(CCCC)C1CCC[N]1. The predicted molar refractivity (Wildman–Crippen MR) is 61.4 cm³/mol. The van der Waals surface area contributed by atoms with Gasteiger partial charge in [-0.3, -0.25) is 4.90 Å². The van der Waals surface area contributed by atoms with Crippen molar-refractivity contribution in [2.45, 2.75) is 58.5 Å². The number of hydrogen-bond acceptors (Lipinski definition) is 1. The first-order valence-corrected chi connectivity index (χ1v) is 6.29. The highest BCUT2D eigenvalue weighted by Gasteiger charge is 2.21. The standard InChI is InChI=1S/C12H25N2/c1-3-5-10-14(11-6-4-2)12-8-7-9-13-12/h12H,3-11H2,1-2H3. The molecule has 83 valence electrons. The van der Waals surface area contributed by atoms with E-state index in [9.17, 15) is 0 Å². The zero-order valence-corrected chi connectivity index (χ0v) is 9.84. The molecule has 0 N–H and O–H groups in total. The second-order valence-corrected chi connectivity index (χ2v) is 4.27. The Hall–Kier alpha value is -0.0800. The summed E-state index contributed by atoms with van der Waals surface area (Å²) in [5.41, 5.74) is 0. The van der Waals surface area contributed by atoms with E-state index in [-0.39, 0.29) is 0 Å². The predicted octanol–water partition coefficient (Wildman–Crippen LogP) is 2.61. The second kappa shape index (κ2) is 7.24. The summed E-state index contributed by atoms with van der Waals surface area (Å²) < 4.78 is 0. The molecule has 0 aromatic rings. The smallest absolute Gasteiger partial charge is 0.0761 e. The summed E-state index contributed by atoms with van der Waals surface area (Å²) in [7, 11) is 0. The molecular formula is C12H25N2. The molecule has 1 heterocycles. The van der Waals surface area contributed by atoms with Gasteiger partial charge in [0.25, 0.3) is 0 Å². The zero-order chi connectivity index (χ0) is 10.2. The first-order valence-electron chi connectivity index (χ1n) is 6.29. The molecule has 0 amide bonds. The third kappa shape index (κ3) is 3.97. The van der Waals surface area contributed by atoms with Gasteiger partial charge in [-0.2, -0.15) is 0 Å². The van der Waals surface area contributed by atoms with Crippen LogP contribution in [0.15, 0.2) is 0 Å². The molecule has 0 spiro atoms. The molecule has 1 fully saturated rings. The number of nitrogens with zero attached hydrogens (tertiary/aromatic N) is 2. The largest absolute Gasteiger partial charge is 0.287 e. The number of rotatable bonds is 7. The van der Waals surface area contributed by atoms with E-state index in [1.807, 2.05) is 0 Å². The van der Waals surface area contributed by atoms with E-state index < -0.39 is 0 Å². The lowest BCUT2D eigenvalue weighted by Crippen LogP contribution is -2.39. The molecule has 1 unspecified atom stereocenters. The fraction of sp³-hybridized carbons (Fsp3) is 1.00. The topological polar surface area (TPSA) is 17.3 Å². The van der Waals surface area contributed by atoms with E-state index in [1.54, 1.807) is 0 Å². The average Bonchev–Trinajstić information content (AvgIpc) is 2.71. The minimum Gasteiger partial charge on any atom is -0.287 e. The van der Waals surface area contributed by atoms with Crippen LogP contribution >= 0.6 is 0 Å². The maximum atomic E-state index is 4.67. The monoisotopic (exact) mass is 197 g/mol. The van der Waals surface area contributed by atoms with E-state index in [1.165, 1.54) is 51.6 Å². The quantitative estimate of drug-likeness (QED) is 0.613. The molecule has 1 atom stereocenters. The molecule has 0 bridgehead atoms. The Morgan fingerprint density at radius 1 is 1.14 bits per heavy atom. The fourth-order valence-corrected chi connectivity index (χ4v) is 2.04. The molecule has 1 aliphatic rings. The minimum atomic E-state index is 0.563. The molecule has 2 nitrogen and oxygen atoms in total. The fourth-order valence-electron chi connectivity index (χ4n) is 2.04. The highest BCUT2D eigenvalue weighted by Crippen LogP contribution is 2.13. The van der Waals surface area contributed by atoms with Crippen LogP contribution < -0.4 is 5.32 Å². The van der Waals surface area contributed by atoms with Crippen LogP contribution in [0.4, 0.5) is 0 Å². The Morgan fingerprint density at radius 3 is 2.21 bits per heavy atom. The van der Waals surface area contributed by atoms with Crippen molar-refractivity contribution in [2.75, 3.05) is 19.6 Å². The minimum absolute atomic E-state index is 0.563. The van der Waals surface area contributed by atoms with Gasteiger partial charge in [0.05, 0.1) is 6.17 Å². The van der Waals surface area contributed by atoms with Crippen LogP contribution in [-0.4, -0.2) is 30.7 Å². The van der Waals surface area contributed by atoms with Gasteiger partial charge in [0.2, 0.25) is 0 Å². The maximum absolute atomic E-state index is 4.67. The lowest BCUT2D eigenvalue weighted by molar-refractivity contribution is 0.173. The second-order valence-electron chi connectivity index (χ2n) is 4.27. The first-order chi connectivity index (χ1) is 6.88. The van der Waals surface area contributed by atoms with Crippen LogP contribution in [0.5, 0.6) is 0 Å². The molecule has 0 aromatic carbocycles. The third-order valence-corrected chi connectivity index (χ3v) is 2.98. The van der Waals surface area contributed by atoms with Crippen molar-refractivity contribution < 1.29 is 0 Å². The summed E-state index contributed by atoms with van der Waals surface area (Å²) in [5.74, 6) is 0. The van der Waals surface area contributed by atoms with Crippen LogP contribution in [0.1, 0.15) is 52.4 Å². The van der Waals surface area contributed by atoms with Crippen LogP contribution in [0.3, 0.4) is 0 Å². The lowest BCUT2D eigenvalue weighted by atomic mass is 10.2. The number of hydrogen-bond donors (Lipinski definition) is 0. The van der Waals surface area contributed by atoms with Gasteiger partial charge in [-0.1, -0.05) is 26.7 Å². The maximum Gasteiger partial charge on any atom is 0.0761 e. The zero-order valence-electron chi connectivity index (χ0n) is 9.84. The van der Waals surface area contributed by atoms with Gasteiger partial charge >= 0.3 is 0 Å². The van der Waals surface area contributed by atoms with Crippen molar-refractivity contribution in [1.82, 2.24) is 10.2 Å². The van der Waals surface area contributed by atoms with Gasteiger partial charge in [0.15, 0.2) is 0 Å². The lowest BCUT2D eigenvalue weighted by Gasteiger charge is -2.27. The van der Waals surface area contributed by atoms with Crippen LogP contribution in [0, 0.1) is 0 Å². The van der Waals surface area contributed by atoms with E-state index in [2.05, 4.69) is 24.1 Å². The summed E-state index contributed by atoms with van der Waals surface area (Å²) in [6, 6.07) is 0. The Labute approximate surface area is 89.1 Å². The van der Waals surface area contributed by atoms with E-state index in [4.69, 9.17) is 0 Å². The molecule has 2 heteroatoms. The Kier molecular flexibility index (Phi) is 6.20. The molecule has 0 aromatic heterocycles. The Bertz CT molecular complexity index is 122. The van der Waals surface area contributed by atoms with Gasteiger partial charge in [-0.25, -0.2) is 5.32 Å². The van der Waals surface area contributed by atoms with E-state index in [0.29, 0.717) is 6.17 Å². The summed E-state index contributed by atoms with van der Waals surface area (Å²) in [6.07, 6.45) is 8.43. The van der Waals surface area contributed by atoms with Gasteiger partial charge < -0.3 is 0 Å². The average molecular weight is 197 g/mol. The summed E-state index contributed by atoms with van der Waals surface area (Å²) >= 11 is 0. The van der Waals surface area contributed by atoms with Gasteiger partial charge in [0, 0.05) is 6.54 Å². The van der Waals surface area contributed by atoms with E-state index >= 15 is 0 Å². The molecule has 0 saturated carbocycles. The van der Waals surface area contributed by atoms with Crippen molar-refractivity contribution in [3.63, 3.8) is 0 Å². The Morgan fingerprint density at radius 2 is 1.79 bits per heavy atom. The summed E-state index contributed by atoms with van der Waals surface area (Å²) in [4.78, 5) is 2.60. The van der Waals surface area contributed by atoms with Gasteiger partial charge in [-0.05, 0) is 38.8 Å². The summed E-state index contributed by atoms with van der Waals surface area (Å²) in [6.45, 7) is 8.14. The first kappa shape index (κ1) is 12.0. The Balaban J connectivity index is 2.26. The molecule has 1 saturated heterocycles. The van der Waals surface area contributed by atoms with Gasteiger partial charge in [0.1, 0.15) is 0 Å². The highest BCUT2D eigenvalue weighted by molar-refractivity contribution is 4.75. The third-order valence-electron chi connectivity index (χ3n) is 2.98. The normalized spacial score (nSPS) is 22.1. The van der Waals surface area contributed by atoms with Crippen LogP contribution in [0.25, 0.3) is 0 Å². The van der Waals surface area contributed by atoms with Gasteiger partial charge in [-0.15, -0.1) is 0 Å². The van der Waals surface area contributed by atoms with Crippen molar-refractivity contribution >= 4 is 0 Å². The van der Waals surface area contributed by atoms with Crippen molar-refractivity contribution in [1.29, 1.82) is 0 Å². The molecule has 14 heavy (non-hydrogen) atoms. The van der Waals surface area contributed by atoms with Crippen LogP contribution in [0.2, 0.25) is 0 Å². The van der Waals surface area contributed by atoms with Crippen molar-refractivity contribution in [2.24, 2.45) is 0 Å². The molecule has 0 aliphatic carbocycles. The van der Waals surface area contributed by atoms with E-state index in [0.717, 1.165) is 6.54 Å². The van der Waals surface area contributed by atoms with Crippen LogP contribution in [-0.2, 0) is 0 Å². The molecule has 1 aliphatic heterocycles. The molecule has 1 radical (unpaired) electrons.